The molecule has 124 valence electrons. The molecule has 6 heteroatoms. The second-order valence-electron chi connectivity index (χ2n) is 5.92. The van der Waals surface area contributed by atoms with Crippen LogP contribution in [-0.2, 0) is 11.3 Å². The van der Waals surface area contributed by atoms with Gasteiger partial charge >= 0.3 is 0 Å². The molecule has 23 heavy (non-hydrogen) atoms. The predicted molar refractivity (Wildman–Crippen MR) is 93.5 cm³/mol. The SMILES string of the molecule is CN(Cc1cnc2ccccc2n1)C(=O)C1CCCNCC1.Cl. The number of para-hydroxylation sites is 2. The van der Waals surface area contributed by atoms with Gasteiger partial charge in [-0.2, -0.15) is 0 Å². The average molecular weight is 335 g/mol. The van der Waals surface area contributed by atoms with E-state index in [4.69, 9.17) is 0 Å². The highest BCUT2D eigenvalue weighted by molar-refractivity contribution is 5.85. The van der Waals surface area contributed by atoms with Crippen LogP contribution in [0.5, 0.6) is 0 Å². The van der Waals surface area contributed by atoms with Crippen LogP contribution in [0.15, 0.2) is 30.5 Å². The lowest BCUT2D eigenvalue weighted by Crippen LogP contribution is -2.33. The maximum atomic E-state index is 12.6. The summed E-state index contributed by atoms with van der Waals surface area (Å²) in [5, 5.41) is 3.35. The van der Waals surface area contributed by atoms with Gasteiger partial charge in [-0.05, 0) is 44.5 Å². The second kappa shape index (κ2) is 8.22. The minimum atomic E-state index is 0. The van der Waals surface area contributed by atoms with Gasteiger partial charge in [0.2, 0.25) is 5.91 Å². The van der Waals surface area contributed by atoms with Crippen molar-refractivity contribution in [3.05, 3.63) is 36.2 Å². The summed E-state index contributed by atoms with van der Waals surface area (Å²) >= 11 is 0. The summed E-state index contributed by atoms with van der Waals surface area (Å²) in [5.41, 5.74) is 2.59. The molecular weight excluding hydrogens is 312 g/mol. The Hall–Kier alpha value is -1.72. The van der Waals surface area contributed by atoms with Crippen LogP contribution >= 0.6 is 12.4 Å². The summed E-state index contributed by atoms with van der Waals surface area (Å²) in [6.45, 7) is 2.46. The first-order chi connectivity index (χ1) is 10.7. The number of hydrogen-bond acceptors (Lipinski definition) is 4. The van der Waals surface area contributed by atoms with Crippen LogP contribution in [-0.4, -0.2) is 40.9 Å². The van der Waals surface area contributed by atoms with Crippen LogP contribution in [0.1, 0.15) is 25.0 Å². The molecule has 3 rings (SSSR count). The Balaban J connectivity index is 0.00000192. The van der Waals surface area contributed by atoms with Crippen molar-refractivity contribution >= 4 is 29.3 Å². The molecule has 1 saturated heterocycles. The molecule has 5 nitrogen and oxygen atoms in total. The molecule has 0 aliphatic carbocycles. The third-order valence-corrected chi connectivity index (χ3v) is 4.20. The zero-order chi connectivity index (χ0) is 15.4. The number of benzene rings is 1. The number of amides is 1. The largest absolute Gasteiger partial charge is 0.340 e. The molecule has 1 aliphatic heterocycles. The first-order valence-corrected chi connectivity index (χ1v) is 7.90. The van der Waals surface area contributed by atoms with Gasteiger partial charge < -0.3 is 10.2 Å². The fourth-order valence-electron chi connectivity index (χ4n) is 2.97. The highest BCUT2D eigenvalue weighted by Gasteiger charge is 2.23. The molecule has 0 bridgehead atoms. The van der Waals surface area contributed by atoms with Crippen LogP contribution in [0.25, 0.3) is 11.0 Å². The zero-order valence-corrected chi connectivity index (χ0v) is 14.2. The van der Waals surface area contributed by atoms with Crippen molar-refractivity contribution in [1.29, 1.82) is 0 Å². The molecule has 0 spiro atoms. The molecule has 1 aliphatic rings. The lowest BCUT2D eigenvalue weighted by atomic mass is 9.99. The number of fused-ring (bicyclic) bond motifs is 1. The number of halogens is 1. The summed E-state index contributed by atoms with van der Waals surface area (Å²) in [6.07, 6.45) is 4.73. The highest BCUT2D eigenvalue weighted by atomic mass is 35.5. The summed E-state index contributed by atoms with van der Waals surface area (Å²) in [5.74, 6) is 0.354. The van der Waals surface area contributed by atoms with Gasteiger partial charge in [0.15, 0.2) is 0 Å². The number of aromatic nitrogens is 2. The van der Waals surface area contributed by atoms with Crippen molar-refractivity contribution in [2.75, 3.05) is 20.1 Å². The maximum Gasteiger partial charge on any atom is 0.225 e. The molecule has 1 unspecified atom stereocenters. The summed E-state index contributed by atoms with van der Waals surface area (Å²) in [6, 6.07) is 7.80. The third-order valence-electron chi connectivity index (χ3n) is 4.20. The first kappa shape index (κ1) is 17.6. The van der Waals surface area contributed by atoms with Crippen LogP contribution in [0.4, 0.5) is 0 Å². The van der Waals surface area contributed by atoms with Gasteiger partial charge in [-0.25, -0.2) is 4.98 Å². The number of nitrogens with zero attached hydrogens (tertiary/aromatic N) is 3. The summed E-state index contributed by atoms with van der Waals surface area (Å²) in [7, 11) is 1.86. The smallest absolute Gasteiger partial charge is 0.225 e. The van der Waals surface area contributed by atoms with Crippen molar-refractivity contribution in [2.45, 2.75) is 25.8 Å². The lowest BCUT2D eigenvalue weighted by molar-refractivity contribution is -0.135. The fourth-order valence-corrected chi connectivity index (χ4v) is 2.97. The topological polar surface area (TPSA) is 58.1 Å². The number of hydrogen-bond donors (Lipinski definition) is 1. The van der Waals surface area contributed by atoms with Gasteiger partial charge in [0.25, 0.3) is 0 Å². The molecule has 0 saturated carbocycles. The second-order valence-corrected chi connectivity index (χ2v) is 5.92. The monoisotopic (exact) mass is 334 g/mol. The molecule has 2 aromatic rings. The van der Waals surface area contributed by atoms with Crippen LogP contribution in [0.3, 0.4) is 0 Å². The van der Waals surface area contributed by atoms with Crippen molar-refractivity contribution in [2.24, 2.45) is 5.92 Å². The van der Waals surface area contributed by atoms with E-state index in [2.05, 4.69) is 15.3 Å². The Morgan fingerprint density at radius 1 is 1.26 bits per heavy atom. The molecule has 0 radical (unpaired) electrons. The standard InChI is InChI=1S/C17H22N4O.ClH/c1-21(17(22)13-5-4-9-18-10-8-13)12-14-11-19-15-6-2-3-7-16(15)20-14;/h2-3,6-7,11,13,18H,4-5,8-10,12H2,1H3;1H. The third kappa shape index (κ3) is 4.39. The number of nitrogens with one attached hydrogen (secondary N) is 1. The highest BCUT2D eigenvalue weighted by Crippen LogP contribution is 2.17. The van der Waals surface area contributed by atoms with Crippen molar-refractivity contribution in [3.63, 3.8) is 0 Å². The van der Waals surface area contributed by atoms with E-state index in [0.29, 0.717) is 6.54 Å². The number of carbonyl (C=O) groups excluding carboxylic acids is 1. The molecule has 2 heterocycles. The van der Waals surface area contributed by atoms with Crippen molar-refractivity contribution in [3.8, 4) is 0 Å². The quantitative estimate of drug-likeness (QED) is 0.936. The Kier molecular flexibility index (Phi) is 6.30. The Morgan fingerprint density at radius 2 is 2.04 bits per heavy atom. The van der Waals surface area contributed by atoms with E-state index in [0.717, 1.165) is 49.1 Å². The molecule has 1 atom stereocenters. The first-order valence-electron chi connectivity index (χ1n) is 7.90. The van der Waals surface area contributed by atoms with Crippen molar-refractivity contribution in [1.82, 2.24) is 20.2 Å². The Morgan fingerprint density at radius 3 is 2.87 bits per heavy atom. The van der Waals surface area contributed by atoms with E-state index in [1.807, 2.05) is 31.3 Å². The number of rotatable bonds is 3. The minimum absolute atomic E-state index is 0. The van der Waals surface area contributed by atoms with Crippen LogP contribution < -0.4 is 5.32 Å². The normalized spacial score (nSPS) is 18.0. The summed E-state index contributed by atoms with van der Waals surface area (Å²) < 4.78 is 0. The van der Waals surface area contributed by atoms with E-state index < -0.39 is 0 Å². The van der Waals surface area contributed by atoms with Crippen LogP contribution in [0, 0.1) is 5.92 Å². The van der Waals surface area contributed by atoms with Crippen molar-refractivity contribution < 1.29 is 4.79 Å². The zero-order valence-electron chi connectivity index (χ0n) is 13.4. The predicted octanol–water partition coefficient (Wildman–Crippen LogP) is 2.40. The molecule has 1 N–H and O–H groups in total. The van der Waals surface area contributed by atoms with E-state index in [1.165, 1.54) is 0 Å². The molecule has 1 aromatic heterocycles. The lowest BCUT2D eigenvalue weighted by Gasteiger charge is -2.22. The average Bonchev–Trinajstić information content (AvgIpc) is 2.83. The van der Waals surface area contributed by atoms with E-state index in [1.54, 1.807) is 11.1 Å². The van der Waals surface area contributed by atoms with Gasteiger partial charge in [0.05, 0.1) is 29.5 Å². The van der Waals surface area contributed by atoms with E-state index in [9.17, 15) is 4.79 Å². The van der Waals surface area contributed by atoms with Gasteiger partial charge in [0, 0.05) is 13.0 Å². The minimum Gasteiger partial charge on any atom is -0.340 e. The van der Waals surface area contributed by atoms with Gasteiger partial charge in [-0.1, -0.05) is 12.1 Å². The van der Waals surface area contributed by atoms with E-state index in [-0.39, 0.29) is 24.2 Å². The Bertz CT molecular complexity index is 656. The molecule has 1 aromatic carbocycles. The van der Waals surface area contributed by atoms with Gasteiger partial charge in [-0.3, -0.25) is 9.78 Å². The fraction of sp³-hybridized carbons (Fsp3) is 0.471. The molecule has 1 fully saturated rings. The summed E-state index contributed by atoms with van der Waals surface area (Å²) in [4.78, 5) is 23.4. The number of carbonyl (C=O) groups is 1. The van der Waals surface area contributed by atoms with Gasteiger partial charge in [-0.15, -0.1) is 12.4 Å². The molecule has 1 amide bonds. The molecular formula is C17H23ClN4O. The van der Waals surface area contributed by atoms with Gasteiger partial charge in [0.1, 0.15) is 0 Å². The van der Waals surface area contributed by atoms with Crippen LogP contribution in [0.2, 0.25) is 0 Å². The maximum absolute atomic E-state index is 12.6. The van der Waals surface area contributed by atoms with E-state index >= 15 is 0 Å². The Labute approximate surface area is 142 Å².